The first-order valence-corrected chi connectivity index (χ1v) is 6.42. The first-order chi connectivity index (χ1) is 9.33. The predicted molar refractivity (Wildman–Crippen MR) is 71.4 cm³/mol. The molecule has 2 heterocycles. The summed E-state index contributed by atoms with van der Waals surface area (Å²) in [4.78, 5) is 19.6. The Balaban J connectivity index is 1.75. The lowest BCUT2D eigenvalue weighted by Crippen LogP contribution is -2.12. The molecule has 0 saturated heterocycles. The van der Waals surface area contributed by atoms with Gasteiger partial charge < -0.3 is 5.32 Å². The molecule has 0 aliphatic rings. The minimum Gasteiger partial charge on any atom is -0.321 e. The van der Waals surface area contributed by atoms with Crippen LogP contribution < -0.4 is 5.32 Å². The molecule has 6 nitrogen and oxygen atoms in total. The summed E-state index contributed by atoms with van der Waals surface area (Å²) in [6, 6.07) is 7.32. The Morgan fingerprint density at radius 2 is 2.11 bits per heavy atom. The van der Waals surface area contributed by atoms with E-state index >= 15 is 0 Å². The van der Waals surface area contributed by atoms with E-state index < -0.39 is 0 Å². The van der Waals surface area contributed by atoms with E-state index in [-0.39, 0.29) is 5.91 Å². The molecule has 0 aliphatic carbocycles. The zero-order valence-corrected chi connectivity index (χ0v) is 10.5. The molecule has 0 saturated carbocycles. The summed E-state index contributed by atoms with van der Waals surface area (Å²) in [6.07, 6.45) is 3.08. The van der Waals surface area contributed by atoms with E-state index in [1.165, 1.54) is 17.7 Å². The quantitative estimate of drug-likeness (QED) is 0.790. The van der Waals surface area contributed by atoms with Crippen molar-refractivity contribution in [3.8, 4) is 5.69 Å². The number of amides is 1. The van der Waals surface area contributed by atoms with Gasteiger partial charge in [-0.15, -0.1) is 11.3 Å². The Labute approximate surface area is 112 Å². The van der Waals surface area contributed by atoms with Crippen LogP contribution in [0.15, 0.2) is 47.8 Å². The van der Waals surface area contributed by atoms with Gasteiger partial charge in [0.1, 0.15) is 18.3 Å². The van der Waals surface area contributed by atoms with Crippen molar-refractivity contribution in [2.24, 2.45) is 0 Å². The summed E-state index contributed by atoms with van der Waals surface area (Å²) >= 11 is 1.39. The Morgan fingerprint density at radius 3 is 2.74 bits per heavy atom. The predicted octanol–water partition coefficient (Wildman–Crippen LogP) is 1.98. The van der Waals surface area contributed by atoms with Crippen LogP contribution in [-0.4, -0.2) is 25.7 Å². The average molecular weight is 271 g/mol. The summed E-state index contributed by atoms with van der Waals surface area (Å²) in [7, 11) is 0. The van der Waals surface area contributed by atoms with Crippen molar-refractivity contribution in [3.05, 3.63) is 53.5 Å². The second-order valence-corrected chi connectivity index (χ2v) is 4.43. The van der Waals surface area contributed by atoms with Crippen LogP contribution in [0.3, 0.4) is 0 Å². The van der Waals surface area contributed by atoms with E-state index in [0.29, 0.717) is 11.4 Å². The highest BCUT2D eigenvalue weighted by Crippen LogP contribution is 2.13. The Hall–Kier alpha value is -2.54. The summed E-state index contributed by atoms with van der Waals surface area (Å²) in [5.41, 5.74) is 3.64. The van der Waals surface area contributed by atoms with Crippen molar-refractivity contribution in [2.45, 2.75) is 0 Å². The van der Waals surface area contributed by atoms with Gasteiger partial charge in [0.25, 0.3) is 5.91 Å². The van der Waals surface area contributed by atoms with Crippen LogP contribution in [-0.2, 0) is 0 Å². The largest absolute Gasteiger partial charge is 0.321 e. The highest BCUT2D eigenvalue weighted by molar-refractivity contribution is 7.07. The summed E-state index contributed by atoms with van der Waals surface area (Å²) in [5.74, 6) is -0.213. The highest BCUT2D eigenvalue weighted by Gasteiger charge is 2.07. The molecule has 0 bridgehead atoms. The Kier molecular flexibility index (Phi) is 3.03. The number of carbonyl (C=O) groups is 1. The second-order valence-electron chi connectivity index (χ2n) is 3.71. The summed E-state index contributed by atoms with van der Waals surface area (Å²) in [5, 5.41) is 8.51. The van der Waals surface area contributed by atoms with Gasteiger partial charge in [-0.1, -0.05) is 0 Å². The van der Waals surface area contributed by atoms with E-state index in [9.17, 15) is 4.79 Å². The molecule has 3 rings (SSSR count). The number of carbonyl (C=O) groups excluding carboxylic acids is 1. The number of thiazole rings is 1. The molecular formula is C12H9N5OS. The minimum absolute atomic E-state index is 0.213. The topological polar surface area (TPSA) is 72.7 Å². The van der Waals surface area contributed by atoms with E-state index in [2.05, 4.69) is 20.4 Å². The summed E-state index contributed by atoms with van der Waals surface area (Å²) in [6.45, 7) is 0. The lowest BCUT2D eigenvalue weighted by atomic mass is 10.2. The van der Waals surface area contributed by atoms with Crippen LogP contribution in [0.4, 0.5) is 5.69 Å². The fourth-order valence-corrected chi connectivity index (χ4v) is 2.09. The van der Waals surface area contributed by atoms with Crippen LogP contribution in [0.1, 0.15) is 10.5 Å². The molecule has 1 amide bonds. The molecule has 7 heteroatoms. The first kappa shape index (κ1) is 11.5. The third-order valence-corrected chi connectivity index (χ3v) is 3.06. The zero-order chi connectivity index (χ0) is 13.1. The molecule has 1 N–H and O–H groups in total. The van der Waals surface area contributed by atoms with Gasteiger partial charge >= 0.3 is 0 Å². The lowest BCUT2D eigenvalue weighted by molar-refractivity contribution is 0.102. The monoisotopic (exact) mass is 271 g/mol. The fourth-order valence-electron chi connectivity index (χ4n) is 1.56. The van der Waals surface area contributed by atoms with Gasteiger partial charge in [-0.25, -0.2) is 14.6 Å². The van der Waals surface area contributed by atoms with E-state index in [1.807, 2.05) is 12.1 Å². The van der Waals surface area contributed by atoms with E-state index in [0.717, 1.165) is 5.69 Å². The molecule has 0 spiro atoms. The molecule has 19 heavy (non-hydrogen) atoms. The third kappa shape index (κ3) is 2.50. The van der Waals surface area contributed by atoms with Gasteiger partial charge in [-0.2, -0.15) is 5.10 Å². The second kappa shape index (κ2) is 4.99. The number of anilines is 1. The van der Waals surface area contributed by atoms with Gasteiger partial charge in [0.15, 0.2) is 0 Å². The van der Waals surface area contributed by atoms with Crippen LogP contribution in [0.25, 0.3) is 5.69 Å². The van der Waals surface area contributed by atoms with Crippen molar-refractivity contribution in [1.29, 1.82) is 0 Å². The van der Waals surface area contributed by atoms with E-state index in [4.69, 9.17) is 0 Å². The van der Waals surface area contributed by atoms with Crippen molar-refractivity contribution < 1.29 is 4.79 Å². The molecule has 0 atom stereocenters. The molecule has 0 aliphatic heterocycles. The van der Waals surface area contributed by atoms with Gasteiger partial charge in [0, 0.05) is 11.1 Å². The normalized spacial score (nSPS) is 10.3. The van der Waals surface area contributed by atoms with Crippen molar-refractivity contribution in [3.63, 3.8) is 0 Å². The number of nitrogens with one attached hydrogen (secondary N) is 1. The third-order valence-electron chi connectivity index (χ3n) is 2.47. The number of hydrogen-bond donors (Lipinski definition) is 1. The molecule has 1 aromatic carbocycles. The number of nitrogens with zero attached hydrogens (tertiary/aromatic N) is 4. The Morgan fingerprint density at radius 1 is 1.26 bits per heavy atom. The van der Waals surface area contributed by atoms with E-state index in [1.54, 1.807) is 34.0 Å². The van der Waals surface area contributed by atoms with Crippen LogP contribution >= 0.6 is 11.3 Å². The Bertz CT molecular complexity index is 661. The smallest absolute Gasteiger partial charge is 0.275 e. The van der Waals surface area contributed by atoms with Crippen molar-refractivity contribution >= 4 is 22.9 Å². The van der Waals surface area contributed by atoms with Crippen LogP contribution in [0, 0.1) is 0 Å². The molecule has 0 fully saturated rings. The summed E-state index contributed by atoms with van der Waals surface area (Å²) < 4.78 is 1.64. The molecule has 0 radical (unpaired) electrons. The molecule has 2 aromatic heterocycles. The molecule has 3 aromatic rings. The number of hydrogen-bond acceptors (Lipinski definition) is 5. The number of rotatable bonds is 3. The maximum Gasteiger partial charge on any atom is 0.275 e. The van der Waals surface area contributed by atoms with Gasteiger partial charge in [-0.05, 0) is 24.3 Å². The molecular weight excluding hydrogens is 262 g/mol. The van der Waals surface area contributed by atoms with Crippen LogP contribution in [0.2, 0.25) is 0 Å². The SMILES string of the molecule is O=C(Nc1ccc(-n2cncn2)cc1)c1cscn1. The molecule has 94 valence electrons. The van der Waals surface area contributed by atoms with Gasteiger partial charge in [-0.3, -0.25) is 4.79 Å². The van der Waals surface area contributed by atoms with Gasteiger partial charge in [0.2, 0.25) is 0 Å². The average Bonchev–Trinajstić information content (AvgIpc) is 3.13. The maximum absolute atomic E-state index is 11.8. The number of benzene rings is 1. The standard InChI is InChI=1S/C12H9N5OS/c18-12(11-5-19-8-14-11)16-9-1-3-10(4-2-9)17-7-13-6-15-17/h1-8H,(H,16,18). The van der Waals surface area contributed by atoms with Crippen LogP contribution in [0.5, 0.6) is 0 Å². The fraction of sp³-hybridized carbons (Fsp3) is 0. The van der Waals surface area contributed by atoms with Crippen molar-refractivity contribution in [2.75, 3.05) is 5.32 Å². The highest BCUT2D eigenvalue weighted by atomic mass is 32.1. The first-order valence-electron chi connectivity index (χ1n) is 5.47. The van der Waals surface area contributed by atoms with Crippen molar-refractivity contribution in [1.82, 2.24) is 19.7 Å². The number of aromatic nitrogens is 4. The molecule has 0 unspecified atom stereocenters. The zero-order valence-electron chi connectivity index (χ0n) is 9.72. The minimum atomic E-state index is -0.213. The lowest BCUT2D eigenvalue weighted by Gasteiger charge is -2.05. The maximum atomic E-state index is 11.8. The van der Waals surface area contributed by atoms with Gasteiger partial charge in [0.05, 0.1) is 11.2 Å².